The molecule has 29 heavy (non-hydrogen) atoms. The van der Waals surface area contributed by atoms with Crippen LogP contribution in [0.15, 0.2) is 30.3 Å². The second-order valence-corrected chi connectivity index (χ2v) is 8.03. The fourth-order valence-electron chi connectivity index (χ4n) is 2.53. The van der Waals surface area contributed by atoms with Gasteiger partial charge in [0, 0.05) is 0 Å². The monoisotopic (exact) mass is 444 g/mol. The summed E-state index contributed by atoms with van der Waals surface area (Å²) in [6, 6.07) is 8.25. The molecule has 0 unspecified atom stereocenters. The van der Waals surface area contributed by atoms with Gasteiger partial charge in [-0.25, -0.2) is 4.57 Å². The van der Waals surface area contributed by atoms with Crippen molar-refractivity contribution in [1.82, 2.24) is 0 Å². The number of methoxy groups -OCH3 is 3. The van der Waals surface area contributed by atoms with Crippen LogP contribution in [0.4, 0.5) is 0 Å². The lowest BCUT2D eigenvalue weighted by Gasteiger charge is -2.23. The third kappa shape index (κ3) is 5.26. The zero-order valence-corrected chi connectivity index (χ0v) is 17.4. The van der Waals surface area contributed by atoms with E-state index >= 15 is 0 Å². The predicted octanol–water partition coefficient (Wildman–Crippen LogP) is 3.18. The van der Waals surface area contributed by atoms with Gasteiger partial charge in [0.1, 0.15) is 0 Å². The molecule has 1 aliphatic rings. The highest BCUT2D eigenvalue weighted by Gasteiger charge is 2.32. The van der Waals surface area contributed by atoms with Gasteiger partial charge < -0.3 is 18.7 Å². The zero-order chi connectivity index (χ0) is 21.0. The Balaban J connectivity index is 1.93. The summed E-state index contributed by atoms with van der Waals surface area (Å²) >= 11 is 0. The molecule has 2 aromatic rings. The smallest absolute Gasteiger partial charge is 0.493 e. The van der Waals surface area contributed by atoms with Crippen LogP contribution in [0.25, 0.3) is 12.2 Å². The Bertz CT molecular complexity index is 951. The van der Waals surface area contributed by atoms with Crippen molar-refractivity contribution in [1.29, 1.82) is 0 Å². The minimum Gasteiger partial charge on any atom is -0.493 e. The van der Waals surface area contributed by atoms with E-state index in [4.69, 9.17) is 33.3 Å². The number of rotatable bonds is 8. The quantitative estimate of drug-likeness (QED) is 0.357. The van der Waals surface area contributed by atoms with Gasteiger partial charge >= 0.3 is 7.82 Å². The van der Waals surface area contributed by atoms with Crippen molar-refractivity contribution < 1.29 is 47.5 Å². The van der Waals surface area contributed by atoms with Crippen LogP contribution < -0.4 is 24.0 Å². The van der Waals surface area contributed by atoms with E-state index in [0.717, 1.165) is 5.56 Å². The molecular formula is C17H18O10P2. The summed E-state index contributed by atoms with van der Waals surface area (Å²) in [5, 5.41) is 4.96. The Morgan fingerprint density at radius 1 is 0.897 bits per heavy atom. The molecule has 0 amide bonds. The number of phosphoric ester groups is 1. The molecule has 1 fully saturated rings. The summed E-state index contributed by atoms with van der Waals surface area (Å²) in [5.41, 5.74) is 1.36. The first-order valence-corrected chi connectivity index (χ1v) is 10.7. The van der Waals surface area contributed by atoms with Gasteiger partial charge in [-0.15, -0.1) is 9.35 Å². The molecule has 0 radical (unpaired) electrons. The van der Waals surface area contributed by atoms with Gasteiger partial charge in [-0.1, -0.05) is 23.3 Å². The van der Waals surface area contributed by atoms with Crippen molar-refractivity contribution in [2.75, 3.05) is 21.3 Å². The average Bonchev–Trinajstić information content (AvgIpc) is 2.63. The molecule has 1 saturated heterocycles. The topological polar surface area (TPSA) is 122 Å². The summed E-state index contributed by atoms with van der Waals surface area (Å²) in [7, 11) is -1.77. The Morgan fingerprint density at radius 2 is 1.55 bits per heavy atom. The second kappa shape index (κ2) is 9.11. The van der Waals surface area contributed by atoms with E-state index in [1.54, 1.807) is 36.4 Å². The molecule has 1 heterocycles. The van der Waals surface area contributed by atoms with Gasteiger partial charge in [0.15, 0.2) is 23.0 Å². The van der Waals surface area contributed by atoms with Crippen molar-refractivity contribution >= 4 is 33.7 Å². The van der Waals surface area contributed by atoms with Crippen molar-refractivity contribution in [2.45, 2.75) is 0 Å². The molecule has 0 spiro atoms. The molecule has 0 aromatic heterocycles. The Hall–Kier alpha value is -2.16. The fourth-order valence-corrected chi connectivity index (χ4v) is 3.83. The van der Waals surface area contributed by atoms with Gasteiger partial charge in [-0.05, 0) is 35.4 Å². The van der Waals surface area contributed by atoms with Crippen molar-refractivity contribution in [2.24, 2.45) is 0 Å². The minimum atomic E-state index is -4.73. The first-order chi connectivity index (χ1) is 13.8. The molecule has 156 valence electrons. The molecule has 10 nitrogen and oxygen atoms in total. The highest BCUT2D eigenvalue weighted by Crippen LogP contribution is 2.50. The van der Waals surface area contributed by atoms with Crippen LogP contribution in [-0.4, -0.2) is 31.1 Å². The van der Waals surface area contributed by atoms with Crippen LogP contribution in [0.5, 0.6) is 23.0 Å². The lowest BCUT2D eigenvalue weighted by molar-refractivity contribution is -0.475. The predicted molar refractivity (Wildman–Crippen MR) is 104 cm³/mol. The Labute approximate surface area is 167 Å². The molecule has 0 saturated carbocycles. The number of benzene rings is 2. The van der Waals surface area contributed by atoms with E-state index in [0.29, 0.717) is 22.4 Å². The summed E-state index contributed by atoms with van der Waals surface area (Å²) in [6.45, 7) is 0. The van der Waals surface area contributed by atoms with Crippen LogP contribution in [-0.2, 0) is 19.0 Å². The molecule has 2 N–H and O–H groups in total. The number of ether oxygens (including phenoxy) is 3. The van der Waals surface area contributed by atoms with Crippen molar-refractivity contribution in [3.8, 4) is 23.0 Å². The maximum absolute atomic E-state index is 11.2. The summed E-state index contributed by atoms with van der Waals surface area (Å²) in [6.07, 6.45) is 3.49. The fraction of sp³-hybridized carbons (Fsp3) is 0.176. The van der Waals surface area contributed by atoms with E-state index in [1.807, 2.05) is 0 Å². The second-order valence-electron chi connectivity index (χ2n) is 5.58. The van der Waals surface area contributed by atoms with E-state index < -0.39 is 16.2 Å². The Morgan fingerprint density at radius 3 is 2.10 bits per heavy atom. The van der Waals surface area contributed by atoms with Crippen LogP contribution in [0, 0.1) is 0 Å². The van der Waals surface area contributed by atoms with E-state index in [9.17, 15) is 4.57 Å². The van der Waals surface area contributed by atoms with E-state index in [2.05, 4.69) is 9.56 Å². The standard InChI is InChI=1S/C17H18O10P2/c1-21-13-7-6-11(8-14(13)24-29(18,19)20)4-5-12-9-15(22-2)17(23-3)16(10-12)28-26-25-27-28/h4-10H,1-3H3,(H2,18,19,20)/b5-4-. The first-order valence-electron chi connectivity index (χ1n) is 8.03. The molecular weight excluding hydrogens is 426 g/mol. The lowest BCUT2D eigenvalue weighted by Crippen LogP contribution is -2.17. The molecule has 12 heteroatoms. The first kappa shape index (κ1) is 21.5. The van der Waals surface area contributed by atoms with Gasteiger partial charge in [-0.2, -0.15) is 0 Å². The summed E-state index contributed by atoms with van der Waals surface area (Å²) < 4.78 is 41.5. The maximum atomic E-state index is 11.2. The van der Waals surface area contributed by atoms with E-state index in [1.165, 1.54) is 27.4 Å². The van der Waals surface area contributed by atoms with Crippen LogP contribution >= 0.6 is 16.2 Å². The van der Waals surface area contributed by atoms with Crippen molar-refractivity contribution in [3.05, 3.63) is 41.5 Å². The van der Waals surface area contributed by atoms with Crippen molar-refractivity contribution in [3.63, 3.8) is 0 Å². The number of hydrogen-bond donors (Lipinski definition) is 2. The highest BCUT2D eigenvalue weighted by atomic mass is 31.2. The van der Waals surface area contributed by atoms with Gasteiger partial charge in [0.25, 0.3) is 8.38 Å². The molecule has 2 aromatic carbocycles. The highest BCUT2D eigenvalue weighted by molar-refractivity contribution is 7.56. The molecule has 3 rings (SSSR count). The van der Waals surface area contributed by atoms with E-state index in [-0.39, 0.29) is 11.5 Å². The summed E-state index contributed by atoms with van der Waals surface area (Å²) in [5.74, 6) is 1.07. The number of hydrogen-bond acceptors (Lipinski definition) is 8. The largest absolute Gasteiger partial charge is 0.524 e. The molecule has 0 bridgehead atoms. The molecule has 0 aliphatic carbocycles. The van der Waals surface area contributed by atoms with Crippen LogP contribution in [0.1, 0.15) is 11.1 Å². The van der Waals surface area contributed by atoms with Gasteiger partial charge in [0.05, 0.1) is 26.6 Å². The van der Waals surface area contributed by atoms with Crippen LogP contribution in [0.3, 0.4) is 0 Å². The molecule has 1 aliphatic heterocycles. The molecule has 0 atom stereocenters. The maximum Gasteiger partial charge on any atom is 0.524 e. The summed E-state index contributed by atoms with van der Waals surface area (Å²) in [4.78, 5) is 18.1. The Kier molecular flexibility index (Phi) is 6.77. The minimum absolute atomic E-state index is 0.0761. The van der Waals surface area contributed by atoms with Crippen LogP contribution in [0.2, 0.25) is 0 Å². The van der Waals surface area contributed by atoms with Gasteiger partial charge in [0.2, 0.25) is 0 Å². The third-order valence-electron chi connectivity index (χ3n) is 3.75. The van der Waals surface area contributed by atoms with Gasteiger partial charge in [-0.3, -0.25) is 9.79 Å². The normalized spacial score (nSPS) is 14.5. The number of phosphoric acid groups is 1. The zero-order valence-electron chi connectivity index (χ0n) is 15.6. The SMILES string of the molecule is COc1ccc(/C=C\c2cc(OC)c(OC)c(P3OOO3)c2)cc1OP(=O)(O)O. The average molecular weight is 444 g/mol. The lowest BCUT2D eigenvalue weighted by atomic mass is 10.1. The third-order valence-corrected chi connectivity index (χ3v) is 5.30.